The molecule has 0 saturated carbocycles. The first-order valence-corrected chi connectivity index (χ1v) is 21.6. The Hall–Kier alpha value is -5.50. The number of hydrogen-bond donors (Lipinski definition) is 0. The third kappa shape index (κ3) is 4.79. The molecule has 57 heavy (non-hydrogen) atoms. The number of ether oxygens (including phenoxy) is 2. The molecule has 7 aromatic rings. The van der Waals surface area contributed by atoms with Gasteiger partial charge in [-0.15, -0.1) is 0 Å². The minimum atomic E-state index is -0.108. The summed E-state index contributed by atoms with van der Waals surface area (Å²) in [5.41, 5.74) is 12.7. The van der Waals surface area contributed by atoms with Crippen molar-refractivity contribution in [2.75, 3.05) is 9.80 Å². The Morgan fingerprint density at radius 1 is 0.474 bits per heavy atom. The summed E-state index contributed by atoms with van der Waals surface area (Å²) >= 11 is 3.66. The van der Waals surface area contributed by atoms with Gasteiger partial charge in [-0.05, 0) is 107 Å². The minimum Gasteiger partial charge on any atom is -0.456 e. The van der Waals surface area contributed by atoms with Crippen molar-refractivity contribution < 1.29 is 9.47 Å². The van der Waals surface area contributed by atoms with E-state index in [9.17, 15) is 0 Å². The van der Waals surface area contributed by atoms with Crippen molar-refractivity contribution in [3.63, 3.8) is 0 Å². The molecule has 4 aliphatic heterocycles. The maximum atomic E-state index is 7.58. The van der Waals surface area contributed by atoms with Crippen LogP contribution in [-0.4, -0.2) is 6.71 Å². The van der Waals surface area contributed by atoms with Crippen molar-refractivity contribution >= 4 is 80.7 Å². The van der Waals surface area contributed by atoms with Gasteiger partial charge in [0.2, 0.25) is 0 Å². The monoisotopic (exact) mass is 774 g/mol. The summed E-state index contributed by atoms with van der Waals surface area (Å²) in [6.45, 7) is 9.47. The molecular formula is C50H39BN2O2S2. The maximum absolute atomic E-state index is 7.58. The van der Waals surface area contributed by atoms with Crippen molar-refractivity contribution in [3.8, 4) is 23.0 Å². The lowest BCUT2D eigenvalue weighted by molar-refractivity contribution is 0.318. The van der Waals surface area contributed by atoms with Gasteiger partial charge in [0, 0.05) is 30.6 Å². The van der Waals surface area contributed by atoms with Gasteiger partial charge in [0.25, 0.3) is 6.71 Å². The van der Waals surface area contributed by atoms with Crippen LogP contribution >= 0.6 is 23.5 Å². The fraction of sp³-hybridized carbons (Fsp3) is 0.160. The quantitative estimate of drug-likeness (QED) is 0.162. The first-order chi connectivity index (χ1) is 27.8. The highest BCUT2D eigenvalue weighted by atomic mass is 32.2. The third-order valence-corrected chi connectivity index (χ3v) is 15.0. The highest BCUT2D eigenvalue weighted by Crippen LogP contribution is 2.58. The van der Waals surface area contributed by atoms with Gasteiger partial charge in [-0.3, -0.25) is 0 Å². The van der Waals surface area contributed by atoms with Gasteiger partial charge in [0.1, 0.15) is 23.0 Å². The number of anilines is 6. The molecule has 276 valence electrons. The van der Waals surface area contributed by atoms with Gasteiger partial charge in [-0.1, -0.05) is 124 Å². The fourth-order valence-electron chi connectivity index (χ4n) is 9.94. The van der Waals surface area contributed by atoms with Crippen molar-refractivity contribution in [1.29, 1.82) is 0 Å². The second kappa shape index (κ2) is 12.0. The van der Waals surface area contributed by atoms with E-state index in [0.717, 1.165) is 86.4 Å². The van der Waals surface area contributed by atoms with E-state index in [1.165, 1.54) is 30.7 Å². The normalized spacial score (nSPS) is 16.9. The van der Waals surface area contributed by atoms with Gasteiger partial charge < -0.3 is 19.3 Å². The molecule has 1 aliphatic carbocycles. The molecule has 0 radical (unpaired) electrons. The van der Waals surface area contributed by atoms with Crippen LogP contribution in [0.5, 0.6) is 23.0 Å². The van der Waals surface area contributed by atoms with E-state index >= 15 is 0 Å². The number of benzene rings is 7. The molecule has 0 saturated heterocycles. The van der Waals surface area contributed by atoms with Crippen LogP contribution in [0, 0.1) is 0 Å². The zero-order valence-electron chi connectivity index (χ0n) is 32.3. The molecule has 0 fully saturated rings. The molecule has 0 atom stereocenters. The molecule has 0 bridgehead atoms. The van der Waals surface area contributed by atoms with Crippen LogP contribution < -0.4 is 35.7 Å². The van der Waals surface area contributed by atoms with E-state index in [2.05, 4.69) is 177 Å². The molecule has 12 rings (SSSR count). The zero-order valence-corrected chi connectivity index (χ0v) is 33.9. The molecule has 5 aliphatic rings. The van der Waals surface area contributed by atoms with Crippen LogP contribution in [0.2, 0.25) is 0 Å². The SMILES string of the molecule is CC1(C)CCC(C)(C)c2c1cc1c3c2Oc2c(cccc2N2c4ccccc4Sc4ccccc42)B3c2cccc(N3c4ccccc4Sc4ccccc43)c2O1. The van der Waals surface area contributed by atoms with Crippen LogP contribution in [0.15, 0.2) is 159 Å². The lowest BCUT2D eigenvalue weighted by Crippen LogP contribution is -2.58. The van der Waals surface area contributed by atoms with Gasteiger partial charge in [0.05, 0.1) is 34.1 Å². The maximum Gasteiger partial charge on any atom is 0.260 e. The standard InChI is InChI=1S/C50H39BN2O2S2/c1-49(2)27-28-50(3,4)44-30(49)29-39-45-48(44)55-47-32(16-14-22-38(47)53-35-19-7-11-25-42(35)57-43-26-12-8-20-36(43)53)51(45)31-15-13-21-37(46(31)54-39)52-33-17-5-9-23-40(33)56-41-24-10-6-18-34(41)52/h5-26,29H,27-28H2,1-4H3. The molecule has 0 amide bonds. The van der Waals surface area contributed by atoms with Crippen LogP contribution in [0.3, 0.4) is 0 Å². The van der Waals surface area contributed by atoms with Crippen molar-refractivity contribution in [1.82, 2.24) is 0 Å². The lowest BCUT2D eigenvalue weighted by Gasteiger charge is -2.46. The molecule has 0 aromatic heterocycles. The van der Waals surface area contributed by atoms with E-state index in [1.54, 1.807) is 0 Å². The highest BCUT2D eigenvalue weighted by Gasteiger charge is 2.49. The lowest BCUT2D eigenvalue weighted by atomic mass is 9.34. The summed E-state index contributed by atoms with van der Waals surface area (Å²) in [6.07, 6.45) is 2.18. The first kappa shape index (κ1) is 33.6. The molecule has 0 N–H and O–H groups in total. The Labute approximate surface area is 342 Å². The highest BCUT2D eigenvalue weighted by molar-refractivity contribution is 8.00. The van der Waals surface area contributed by atoms with Gasteiger partial charge in [-0.2, -0.15) is 0 Å². The molecule has 0 unspecified atom stereocenters. The van der Waals surface area contributed by atoms with E-state index < -0.39 is 0 Å². The largest absolute Gasteiger partial charge is 0.456 e. The van der Waals surface area contributed by atoms with Crippen LogP contribution in [0.1, 0.15) is 51.7 Å². The van der Waals surface area contributed by atoms with Crippen molar-refractivity contribution in [2.45, 2.75) is 70.9 Å². The summed E-state index contributed by atoms with van der Waals surface area (Å²) in [6, 6.07) is 50.8. The molecule has 4 heterocycles. The minimum absolute atomic E-state index is 0.0534. The Morgan fingerprint density at radius 2 is 0.895 bits per heavy atom. The van der Waals surface area contributed by atoms with Gasteiger partial charge in [-0.25, -0.2) is 0 Å². The number of hydrogen-bond acceptors (Lipinski definition) is 6. The average Bonchev–Trinajstić information content (AvgIpc) is 3.23. The Morgan fingerprint density at radius 3 is 1.39 bits per heavy atom. The summed E-state index contributed by atoms with van der Waals surface area (Å²) in [7, 11) is 0. The number of nitrogens with zero attached hydrogens (tertiary/aromatic N) is 2. The van der Waals surface area contributed by atoms with Crippen molar-refractivity contribution in [3.05, 3.63) is 151 Å². The topological polar surface area (TPSA) is 24.9 Å². The summed E-state index contributed by atoms with van der Waals surface area (Å²) < 4.78 is 15.0. The zero-order chi connectivity index (χ0) is 38.2. The predicted octanol–water partition coefficient (Wildman–Crippen LogP) is 12.6. The van der Waals surface area contributed by atoms with Crippen LogP contribution in [0.25, 0.3) is 0 Å². The van der Waals surface area contributed by atoms with E-state index in [0.29, 0.717) is 0 Å². The smallest absolute Gasteiger partial charge is 0.260 e. The van der Waals surface area contributed by atoms with E-state index in [4.69, 9.17) is 9.47 Å². The summed E-state index contributed by atoms with van der Waals surface area (Å²) in [5.74, 6) is 3.68. The summed E-state index contributed by atoms with van der Waals surface area (Å²) in [4.78, 5) is 9.75. The molecule has 7 heteroatoms. The Kier molecular flexibility index (Phi) is 7.09. The molecule has 7 aromatic carbocycles. The van der Waals surface area contributed by atoms with Gasteiger partial charge >= 0.3 is 0 Å². The number of fused-ring (bicyclic) bond motifs is 10. The second-order valence-electron chi connectivity index (χ2n) is 17.1. The second-order valence-corrected chi connectivity index (χ2v) is 19.2. The Balaban J connectivity index is 1.15. The first-order valence-electron chi connectivity index (χ1n) is 19.9. The number of para-hydroxylation sites is 6. The predicted molar refractivity (Wildman–Crippen MR) is 237 cm³/mol. The van der Waals surface area contributed by atoms with Crippen molar-refractivity contribution in [2.24, 2.45) is 0 Å². The van der Waals surface area contributed by atoms with E-state index in [1.807, 2.05) is 23.5 Å². The van der Waals surface area contributed by atoms with Crippen LogP contribution in [-0.2, 0) is 10.8 Å². The number of rotatable bonds is 2. The van der Waals surface area contributed by atoms with Gasteiger partial charge in [0.15, 0.2) is 0 Å². The molecular weight excluding hydrogens is 736 g/mol. The molecule has 0 spiro atoms. The van der Waals surface area contributed by atoms with E-state index in [-0.39, 0.29) is 17.5 Å². The third-order valence-electron chi connectivity index (χ3n) is 12.8. The average molecular weight is 775 g/mol. The summed E-state index contributed by atoms with van der Waals surface area (Å²) in [5, 5.41) is 0. The fourth-order valence-corrected chi connectivity index (χ4v) is 12.1. The molecule has 4 nitrogen and oxygen atoms in total. The Bertz CT molecular complexity index is 2770. The van der Waals surface area contributed by atoms with Crippen LogP contribution in [0.4, 0.5) is 34.1 Å².